The lowest BCUT2D eigenvalue weighted by Crippen LogP contribution is -2.53. The van der Waals surface area contributed by atoms with Gasteiger partial charge in [0.15, 0.2) is 0 Å². The summed E-state index contributed by atoms with van der Waals surface area (Å²) in [5.74, 6) is -1.21. The Morgan fingerprint density at radius 3 is 2.25 bits per heavy atom. The second-order valence-corrected chi connectivity index (χ2v) is 7.03. The Kier molecular flexibility index (Phi) is 9.78. The predicted molar refractivity (Wildman–Crippen MR) is 106 cm³/mol. The second-order valence-electron chi connectivity index (χ2n) is 7.03. The van der Waals surface area contributed by atoms with Gasteiger partial charge >= 0.3 is 12.1 Å². The molecule has 0 aliphatic heterocycles. The SMILES string of the molecule is COC(=O)[C@H](CC=C(C)C)NC(=O)[C@@H](NC(=O)OCc1ccccc1)C(C)C. The summed E-state index contributed by atoms with van der Waals surface area (Å²) in [6.07, 6.45) is 1.45. The molecule has 0 aromatic heterocycles. The Labute approximate surface area is 166 Å². The van der Waals surface area contributed by atoms with Crippen LogP contribution in [-0.2, 0) is 25.7 Å². The first-order valence-corrected chi connectivity index (χ1v) is 9.23. The summed E-state index contributed by atoms with van der Waals surface area (Å²) >= 11 is 0. The molecule has 0 aliphatic rings. The van der Waals surface area contributed by atoms with Crippen molar-refractivity contribution in [3.8, 4) is 0 Å². The van der Waals surface area contributed by atoms with Gasteiger partial charge in [-0.05, 0) is 31.7 Å². The third-order valence-corrected chi connectivity index (χ3v) is 4.00. The van der Waals surface area contributed by atoms with Crippen LogP contribution >= 0.6 is 0 Å². The van der Waals surface area contributed by atoms with Crippen molar-refractivity contribution in [2.45, 2.75) is 52.8 Å². The highest BCUT2D eigenvalue weighted by Crippen LogP contribution is 2.07. The minimum atomic E-state index is -0.845. The van der Waals surface area contributed by atoms with E-state index in [-0.39, 0.29) is 12.5 Å². The highest BCUT2D eigenvalue weighted by Gasteiger charge is 2.29. The lowest BCUT2D eigenvalue weighted by atomic mass is 10.0. The Morgan fingerprint density at radius 2 is 1.71 bits per heavy atom. The van der Waals surface area contributed by atoms with Crippen molar-refractivity contribution in [1.29, 1.82) is 0 Å². The maximum absolute atomic E-state index is 12.7. The molecule has 154 valence electrons. The van der Waals surface area contributed by atoms with E-state index in [9.17, 15) is 14.4 Å². The number of methoxy groups -OCH3 is 1. The lowest BCUT2D eigenvalue weighted by molar-refractivity contribution is -0.145. The molecule has 2 amide bonds. The number of nitrogens with one attached hydrogen (secondary N) is 2. The molecule has 7 heteroatoms. The Hall–Kier alpha value is -2.83. The van der Waals surface area contributed by atoms with Crippen molar-refractivity contribution in [1.82, 2.24) is 10.6 Å². The molecule has 1 rings (SSSR count). The molecule has 0 unspecified atom stereocenters. The molecule has 0 spiro atoms. The highest BCUT2D eigenvalue weighted by atomic mass is 16.5. The fraction of sp³-hybridized carbons (Fsp3) is 0.476. The molecule has 2 atom stereocenters. The van der Waals surface area contributed by atoms with Gasteiger partial charge in [-0.3, -0.25) is 4.79 Å². The van der Waals surface area contributed by atoms with E-state index in [0.717, 1.165) is 11.1 Å². The van der Waals surface area contributed by atoms with Crippen molar-refractivity contribution >= 4 is 18.0 Å². The monoisotopic (exact) mass is 390 g/mol. The third-order valence-electron chi connectivity index (χ3n) is 4.00. The molecule has 7 nitrogen and oxygen atoms in total. The van der Waals surface area contributed by atoms with E-state index in [0.29, 0.717) is 6.42 Å². The van der Waals surface area contributed by atoms with Gasteiger partial charge in [0, 0.05) is 0 Å². The van der Waals surface area contributed by atoms with Gasteiger partial charge in [0.25, 0.3) is 0 Å². The van der Waals surface area contributed by atoms with Crippen molar-refractivity contribution < 1.29 is 23.9 Å². The smallest absolute Gasteiger partial charge is 0.408 e. The van der Waals surface area contributed by atoms with Gasteiger partial charge in [0.05, 0.1) is 7.11 Å². The minimum absolute atomic E-state index is 0.102. The first-order chi connectivity index (χ1) is 13.2. The normalized spacial score (nSPS) is 12.5. The third kappa shape index (κ3) is 8.24. The van der Waals surface area contributed by atoms with Crippen molar-refractivity contribution in [3.05, 3.63) is 47.5 Å². The van der Waals surface area contributed by atoms with E-state index < -0.39 is 30.1 Å². The fourth-order valence-corrected chi connectivity index (χ4v) is 2.40. The largest absolute Gasteiger partial charge is 0.467 e. The van der Waals surface area contributed by atoms with Gasteiger partial charge in [-0.1, -0.05) is 55.8 Å². The summed E-state index contributed by atoms with van der Waals surface area (Å²) < 4.78 is 9.94. The van der Waals surface area contributed by atoms with E-state index in [1.54, 1.807) is 13.8 Å². The van der Waals surface area contributed by atoms with E-state index in [2.05, 4.69) is 10.6 Å². The molecule has 1 aromatic carbocycles. The Balaban J connectivity index is 2.71. The Morgan fingerprint density at radius 1 is 1.07 bits per heavy atom. The molecular formula is C21H30N2O5. The first kappa shape index (κ1) is 23.2. The van der Waals surface area contributed by atoms with Gasteiger partial charge in [-0.25, -0.2) is 9.59 Å². The van der Waals surface area contributed by atoms with Crippen LogP contribution in [0.3, 0.4) is 0 Å². The van der Waals surface area contributed by atoms with E-state index in [1.807, 2.05) is 50.3 Å². The zero-order valence-electron chi connectivity index (χ0n) is 17.2. The summed E-state index contributed by atoms with van der Waals surface area (Å²) in [7, 11) is 1.27. The van der Waals surface area contributed by atoms with Gasteiger partial charge in [-0.15, -0.1) is 0 Å². The maximum Gasteiger partial charge on any atom is 0.408 e. The molecule has 0 fully saturated rings. The number of carbonyl (C=O) groups is 3. The number of hydrogen-bond donors (Lipinski definition) is 2. The Bertz CT molecular complexity index is 681. The fourth-order valence-electron chi connectivity index (χ4n) is 2.40. The highest BCUT2D eigenvalue weighted by molar-refractivity contribution is 5.89. The van der Waals surface area contributed by atoms with E-state index >= 15 is 0 Å². The van der Waals surface area contributed by atoms with Crippen LogP contribution in [0.2, 0.25) is 0 Å². The van der Waals surface area contributed by atoms with Crippen LogP contribution in [0.1, 0.15) is 39.7 Å². The number of esters is 1. The number of benzene rings is 1. The predicted octanol–water partition coefficient (Wildman–Crippen LogP) is 2.95. The van der Waals surface area contributed by atoms with Gasteiger partial charge in [-0.2, -0.15) is 0 Å². The molecule has 28 heavy (non-hydrogen) atoms. The summed E-state index contributed by atoms with van der Waals surface area (Å²) in [4.78, 5) is 36.7. The average Bonchev–Trinajstić information content (AvgIpc) is 2.67. The molecule has 0 bridgehead atoms. The van der Waals surface area contributed by atoms with Crippen molar-refractivity contribution in [2.24, 2.45) is 5.92 Å². The average molecular weight is 390 g/mol. The maximum atomic E-state index is 12.7. The van der Waals surface area contributed by atoms with Crippen LogP contribution in [-0.4, -0.2) is 37.2 Å². The summed E-state index contributed by atoms with van der Waals surface area (Å²) in [6.45, 7) is 7.50. The van der Waals surface area contributed by atoms with Crippen molar-refractivity contribution in [3.63, 3.8) is 0 Å². The molecule has 0 aliphatic carbocycles. The number of alkyl carbamates (subject to hydrolysis) is 1. The number of carbonyl (C=O) groups excluding carboxylic acids is 3. The molecule has 0 saturated carbocycles. The second kappa shape index (κ2) is 11.8. The van der Waals surface area contributed by atoms with Crippen LogP contribution < -0.4 is 10.6 Å². The zero-order valence-corrected chi connectivity index (χ0v) is 17.2. The number of rotatable bonds is 9. The van der Waals surface area contributed by atoms with Gasteiger partial charge < -0.3 is 20.1 Å². The summed E-state index contributed by atoms with van der Waals surface area (Å²) in [5.41, 5.74) is 1.86. The van der Waals surface area contributed by atoms with E-state index in [1.165, 1.54) is 7.11 Å². The molecule has 2 N–H and O–H groups in total. The molecular weight excluding hydrogens is 360 g/mol. The molecule has 1 aromatic rings. The van der Waals surface area contributed by atoms with Crippen LogP contribution in [0.4, 0.5) is 4.79 Å². The van der Waals surface area contributed by atoms with Crippen LogP contribution in [0.25, 0.3) is 0 Å². The quantitative estimate of drug-likeness (QED) is 0.499. The standard InChI is InChI=1S/C21H30N2O5/c1-14(2)11-12-17(20(25)27-5)22-19(24)18(15(3)4)23-21(26)28-13-16-9-7-6-8-10-16/h6-11,15,17-18H,12-13H2,1-5H3,(H,22,24)(H,23,26)/t17-,18-/m0/s1. The number of allylic oxidation sites excluding steroid dienone is 1. The summed E-state index contributed by atoms with van der Waals surface area (Å²) in [5, 5.41) is 5.23. The molecule has 0 saturated heterocycles. The van der Waals surface area contributed by atoms with Crippen LogP contribution in [0.5, 0.6) is 0 Å². The number of hydrogen-bond acceptors (Lipinski definition) is 5. The van der Waals surface area contributed by atoms with E-state index in [4.69, 9.17) is 9.47 Å². The van der Waals surface area contributed by atoms with Crippen molar-refractivity contribution in [2.75, 3.05) is 7.11 Å². The minimum Gasteiger partial charge on any atom is -0.467 e. The van der Waals surface area contributed by atoms with Gasteiger partial charge in [0.1, 0.15) is 18.7 Å². The summed E-state index contributed by atoms with van der Waals surface area (Å²) in [6, 6.07) is 7.57. The van der Waals surface area contributed by atoms with Crippen LogP contribution in [0, 0.1) is 5.92 Å². The first-order valence-electron chi connectivity index (χ1n) is 9.23. The topological polar surface area (TPSA) is 93.7 Å². The number of ether oxygens (including phenoxy) is 2. The van der Waals surface area contributed by atoms with Crippen LogP contribution in [0.15, 0.2) is 42.0 Å². The lowest BCUT2D eigenvalue weighted by Gasteiger charge is -2.24. The zero-order chi connectivity index (χ0) is 21.1. The molecule has 0 radical (unpaired) electrons. The molecule has 0 heterocycles. The van der Waals surface area contributed by atoms with Gasteiger partial charge in [0.2, 0.25) is 5.91 Å². The number of amides is 2.